The maximum Gasteiger partial charge on any atom is 0.169 e. The van der Waals surface area contributed by atoms with Gasteiger partial charge in [-0.1, -0.05) is 6.92 Å². The number of hydrogen-bond acceptors (Lipinski definition) is 2. The lowest BCUT2D eigenvalue weighted by Crippen LogP contribution is -2.25. The lowest BCUT2D eigenvalue weighted by molar-refractivity contribution is 0.381. The third-order valence-corrected chi connectivity index (χ3v) is 3.62. The predicted octanol–water partition coefficient (Wildman–Crippen LogP) is 3.74. The second-order valence-electron chi connectivity index (χ2n) is 4.59. The molecule has 0 saturated heterocycles. The van der Waals surface area contributed by atoms with Gasteiger partial charge in [-0.3, -0.25) is 0 Å². The minimum absolute atomic E-state index is 0.303. The first-order chi connectivity index (χ1) is 7.16. The van der Waals surface area contributed by atoms with Crippen LogP contribution < -0.4 is 5.32 Å². The van der Waals surface area contributed by atoms with Crippen molar-refractivity contribution in [1.82, 2.24) is 5.32 Å². The van der Waals surface area contributed by atoms with Crippen molar-refractivity contribution in [2.45, 2.75) is 32.7 Å². The molecular formula is C12H18BrNO. The molecule has 0 amide bonds. The average molecular weight is 272 g/mol. The van der Waals surface area contributed by atoms with Crippen molar-refractivity contribution in [1.29, 1.82) is 0 Å². The van der Waals surface area contributed by atoms with Gasteiger partial charge < -0.3 is 9.73 Å². The van der Waals surface area contributed by atoms with Crippen LogP contribution in [0.15, 0.2) is 21.2 Å². The number of rotatable bonds is 5. The van der Waals surface area contributed by atoms with Gasteiger partial charge in [-0.25, -0.2) is 0 Å². The van der Waals surface area contributed by atoms with Crippen molar-refractivity contribution < 1.29 is 4.42 Å². The van der Waals surface area contributed by atoms with Gasteiger partial charge in [0.25, 0.3) is 0 Å². The van der Waals surface area contributed by atoms with E-state index in [1.807, 2.05) is 12.1 Å². The lowest BCUT2D eigenvalue weighted by atomic mass is 10.1. The van der Waals surface area contributed by atoms with Crippen LogP contribution in [-0.2, 0) is 0 Å². The predicted molar refractivity (Wildman–Crippen MR) is 64.7 cm³/mol. The van der Waals surface area contributed by atoms with E-state index in [9.17, 15) is 0 Å². The van der Waals surface area contributed by atoms with Crippen LogP contribution in [-0.4, -0.2) is 6.54 Å². The highest BCUT2D eigenvalue weighted by Crippen LogP contribution is 2.36. The molecule has 2 nitrogen and oxygen atoms in total. The fraction of sp³-hybridized carbons (Fsp3) is 0.667. The molecule has 1 fully saturated rings. The van der Waals surface area contributed by atoms with Gasteiger partial charge in [0, 0.05) is 0 Å². The summed E-state index contributed by atoms with van der Waals surface area (Å²) < 4.78 is 6.31. The number of nitrogens with one attached hydrogen (secondary N) is 1. The van der Waals surface area contributed by atoms with E-state index >= 15 is 0 Å². The molecule has 3 heteroatoms. The van der Waals surface area contributed by atoms with Crippen LogP contribution in [0.4, 0.5) is 0 Å². The van der Waals surface area contributed by atoms with Gasteiger partial charge in [0.05, 0.1) is 6.04 Å². The Morgan fingerprint density at radius 1 is 1.47 bits per heavy atom. The van der Waals surface area contributed by atoms with Gasteiger partial charge in [-0.05, 0) is 66.2 Å². The molecule has 1 aromatic heterocycles. The Morgan fingerprint density at radius 3 is 2.73 bits per heavy atom. The number of hydrogen-bond donors (Lipinski definition) is 1. The van der Waals surface area contributed by atoms with Gasteiger partial charge in [0.2, 0.25) is 0 Å². The minimum Gasteiger partial charge on any atom is -0.453 e. The minimum atomic E-state index is 0.303. The van der Waals surface area contributed by atoms with Crippen LogP contribution >= 0.6 is 15.9 Å². The molecule has 0 bridgehead atoms. The SMILES string of the molecule is CC(NCC(C)C1CC1)c1ccc(Br)o1. The molecule has 2 rings (SSSR count). The smallest absolute Gasteiger partial charge is 0.169 e. The first kappa shape index (κ1) is 11.2. The quantitative estimate of drug-likeness (QED) is 0.883. The molecule has 1 saturated carbocycles. The maximum atomic E-state index is 5.51. The van der Waals surface area contributed by atoms with Crippen molar-refractivity contribution in [3.8, 4) is 0 Å². The monoisotopic (exact) mass is 271 g/mol. The van der Waals surface area contributed by atoms with Gasteiger partial charge >= 0.3 is 0 Å². The van der Waals surface area contributed by atoms with E-state index in [-0.39, 0.29) is 0 Å². The standard InChI is InChI=1S/C12H18BrNO/c1-8(10-3-4-10)7-14-9(2)11-5-6-12(13)15-11/h5-6,8-10,14H,3-4,7H2,1-2H3. The molecule has 2 atom stereocenters. The van der Waals surface area contributed by atoms with Crippen molar-refractivity contribution in [2.75, 3.05) is 6.54 Å². The normalized spacial score (nSPS) is 20.2. The first-order valence-electron chi connectivity index (χ1n) is 5.65. The van der Waals surface area contributed by atoms with Gasteiger partial charge in [0.1, 0.15) is 5.76 Å². The van der Waals surface area contributed by atoms with E-state index in [0.29, 0.717) is 6.04 Å². The van der Waals surface area contributed by atoms with Crippen molar-refractivity contribution >= 4 is 15.9 Å². The summed E-state index contributed by atoms with van der Waals surface area (Å²) in [5.41, 5.74) is 0. The summed E-state index contributed by atoms with van der Waals surface area (Å²) in [5, 5.41) is 3.52. The van der Waals surface area contributed by atoms with Gasteiger partial charge in [-0.15, -0.1) is 0 Å². The first-order valence-corrected chi connectivity index (χ1v) is 6.44. The Hall–Kier alpha value is -0.280. The van der Waals surface area contributed by atoms with Crippen molar-refractivity contribution in [3.63, 3.8) is 0 Å². The Bertz CT molecular complexity index is 319. The molecule has 0 aromatic carbocycles. The average Bonchev–Trinajstić information content (AvgIpc) is 2.97. The molecule has 84 valence electrons. The zero-order chi connectivity index (χ0) is 10.8. The summed E-state index contributed by atoms with van der Waals surface area (Å²) in [6.45, 7) is 5.56. The topological polar surface area (TPSA) is 25.2 Å². The molecule has 1 aliphatic carbocycles. The highest BCUT2D eigenvalue weighted by Gasteiger charge is 2.27. The van der Waals surface area contributed by atoms with E-state index in [0.717, 1.165) is 28.8 Å². The molecule has 1 aliphatic rings. The third kappa shape index (κ3) is 3.08. The molecule has 0 aliphatic heterocycles. The van der Waals surface area contributed by atoms with Gasteiger partial charge in [0.15, 0.2) is 4.67 Å². The van der Waals surface area contributed by atoms with Crippen LogP contribution in [0.2, 0.25) is 0 Å². The van der Waals surface area contributed by atoms with Crippen LogP contribution in [0.3, 0.4) is 0 Å². The number of furan rings is 1. The van der Waals surface area contributed by atoms with E-state index in [2.05, 4.69) is 35.1 Å². The maximum absolute atomic E-state index is 5.51. The molecular weight excluding hydrogens is 254 g/mol. The Morgan fingerprint density at radius 2 is 2.20 bits per heavy atom. The summed E-state index contributed by atoms with van der Waals surface area (Å²) in [4.78, 5) is 0. The Labute approximate surface area is 99.6 Å². The van der Waals surface area contributed by atoms with Crippen LogP contribution in [0, 0.1) is 11.8 Å². The summed E-state index contributed by atoms with van der Waals surface area (Å²) in [6.07, 6.45) is 2.84. The zero-order valence-electron chi connectivity index (χ0n) is 9.29. The molecule has 0 radical (unpaired) electrons. The fourth-order valence-electron chi connectivity index (χ4n) is 1.86. The largest absolute Gasteiger partial charge is 0.453 e. The fourth-order valence-corrected chi connectivity index (χ4v) is 2.18. The molecule has 1 heterocycles. The zero-order valence-corrected chi connectivity index (χ0v) is 10.9. The van der Waals surface area contributed by atoms with Crippen LogP contribution in [0.1, 0.15) is 38.5 Å². The molecule has 2 unspecified atom stereocenters. The Balaban J connectivity index is 1.78. The third-order valence-electron chi connectivity index (χ3n) is 3.19. The summed E-state index contributed by atoms with van der Waals surface area (Å²) in [6, 6.07) is 4.26. The molecule has 1 aromatic rings. The second kappa shape index (κ2) is 4.71. The highest BCUT2D eigenvalue weighted by molar-refractivity contribution is 9.10. The van der Waals surface area contributed by atoms with Crippen molar-refractivity contribution in [2.24, 2.45) is 11.8 Å². The van der Waals surface area contributed by atoms with Crippen LogP contribution in [0.25, 0.3) is 0 Å². The summed E-state index contributed by atoms with van der Waals surface area (Å²) >= 11 is 3.32. The number of halogens is 1. The van der Waals surface area contributed by atoms with Crippen molar-refractivity contribution in [3.05, 3.63) is 22.6 Å². The van der Waals surface area contributed by atoms with Gasteiger partial charge in [-0.2, -0.15) is 0 Å². The van der Waals surface area contributed by atoms with Crippen LogP contribution in [0.5, 0.6) is 0 Å². The Kier molecular flexibility index (Phi) is 3.52. The summed E-state index contributed by atoms with van der Waals surface area (Å²) in [7, 11) is 0. The highest BCUT2D eigenvalue weighted by atomic mass is 79.9. The van der Waals surface area contributed by atoms with E-state index < -0.39 is 0 Å². The summed E-state index contributed by atoms with van der Waals surface area (Å²) in [5.74, 6) is 2.77. The second-order valence-corrected chi connectivity index (χ2v) is 5.37. The van der Waals surface area contributed by atoms with E-state index in [1.165, 1.54) is 12.8 Å². The molecule has 1 N–H and O–H groups in total. The lowest BCUT2D eigenvalue weighted by Gasteiger charge is -2.15. The van der Waals surface area contributed by atoms with E-state index in [4.69, 9.17) is 4.42 Å². The molecule has 15 heavy (non-hydrogen) atoms. The molecule has 0 spiro atoms. The van der Waals surface area contributed by atoms with E-state index in [1.54, 1.807) is 0 Å².